The van der Waals surface area contributed by atoms with Crippen molar-refractivity contribution in [1.29, 1.82) is 0 Å². The van der Waals surface area contributed by atoms with Gasteiger partial charge in [-0.05, 0) is 0 Å². The molecule has 4 N–H and O–H groups in total. The van der Waals surface area contributed by atoms with Crippen molar-refractivity contribution in [3.05, 3.63) is 12.2 Å². The Bertz CT molecular complexity index is 451. The maximum atomic E-state index is 11.4. The summed E-state index contributed by atoms with van der Waals surface area (Å²) < 4.78 is 5.89. The minimum atomic E-state index is -1.17. The molecule has 7 nitrogen and oxygen atoms in total. The molecule has 0 aromatic rings. The van der Waals surface area contributed by atoms with E-state index in [9.17, 15) is 14.7 Å². The molecule has 5 atom stereocenters. The summed E-state index contributed by atoms with van der Waals surface area (Å²) in [6, 6.07) is -1.00. The zero-order valence-electron chi connectivity index (χ0n) is 10.2. The van der Waals surface area contributed by atoms with Gasteiger partial charge >= 0.3 is 11.9 Å². The van der Waals surface area contributed by atoms with Crippen molar-refractivity contribution in [3.8, 4) is 0 Å². The van der Waals surface area contributed by atoms with Gasteiger partial charge in [0.15, 0.2) is 0 Å². The van der Waals surface area contributed by atoms with Crippen molar-refractivity contribution in [2.75, 3.05) is 13.1 Å². The fraction of sp³-hybridized carbons (Fsp3) is 0.667. The fourth-order valence-corrected chi connectivity index (χ4v) is 3.58. The number of rotatable bonds is 3. The van der Waals surface area contributed by atoms with Crippen LogP contribution >= 0.6 is 0 Å². The van der Waals surface area contributed by atoms with Crippen LogP contribution in [0.1, 0.15) is 6.42 Å². The molecule has 0 unspecified atom stereocenters. The predicted molar refractivity (Wildman–Crippen MR) is 63.7 cm³/mol. The number of fused-ring (bicyclic) bond motifs is 3. The van der Waals surface area contributed by atoms with E-state index in [1.165, 1.54) is 0 Å². The molecule has 0 aliphatic carbocycles. The molecule has 3 heterocycles. The van der Waals surface area contributed by atoms with Crippen LogP contribution in [0.2, 0.25) is 0 Å². The van der Waals surface area contributed by atoms with Crippen molar-refractivity contribution < 1.29 is 24.5 Å². The molecule has 2 fully saturated rings. The molecular formula is C12H16N2O5. The Kier molecular flexibility index (Phi) is 2.84. The molecule has 2 saturated heterocycles. The fourth-order valence-electron chi connectivity index (χ4n) is 3.58. The highest BCUT2D eigenvalue weighted by atomic mass is 16.5. The van der Waals surface area contributed by atoms with Gasteiger partial charge in [0.25, 0.3) is 0 Å². The molecule has 3 rings (SSSR count). The highest BCUT2D eigenvalue weighted by molar-refractivity contribution is 5.79. The van der Waals surface area contributed by atoms with E-state index >= 15 is 0 Å². The number of ether oxygens (including phenoxy) is 1. The van der Waals surface area contributed by atoms with E-state index in [1.54, 1.807) is 0 Å². The first-order valence-corrected chi connectivity index (χ1v) is 6.30. The number of nitrogens with one attached hydrogen (secondary N) is 2. The van der Waals surface area contributed by atoms with Crippen LogP contribution in [0.5, 0.6) is 0 Å². The first-order chi connectivity index (χ1) is 9.04. The zero-order valence-corrected chi connectivity index (χ0v) is 10.2. The van der Waals surface area contributed by atoms with Gasteiger partial charge in [0.2, 0.25) is 0 Å². The summed E-state index contributed by atoms with van der Waals surface area (Å²) >= 11 is 0. The largest absolute Gasteiger partial charge is 0.481 e. The summed E-state index contributed by atoms with van der Waals surface area (Å²) in [6.07, 6.45) is 3.26. The third-order valence-corrected chi connectivity index (χ3v) is 4.27. The van der Waals surface area contributed by atoms with Crippen molar-refractivity contribution >= 4 is 11.9 Å². The lowest BCUT2D eigenvalue weighted by molar-refractivity contribution is -0.155. The number of hydrogen-bond acceptors (Lipinski definition) is 5. The van der Waals surface area contributed by atoms with Gasteiger partial charge in [-0.3, -0.25) is 9.59 Å². The Balaban J connectivity index is 1.97. The van der Waals surface area contributed by atoms with E-state index in [1.807, 2.05) is 12.2 Å². The summed E-state index contributed by atoms with van der Waals surface area (Å²) in [6.45, 7) is 1.15. The SMILES string of the molecule is O=C(O)C[C@@]12O[C@H]3C=CCN[C@H]3[C@@H]1CN[C@H]2C(=O)O. The molecule has 0 saturated carbocycles. The Morgan fingerprint density at radius 1 is 1.37 bits per heavy atom. The maximum Gasteiger partial charge on any atom is 0.323 e. The molecule has 3 aliphatic heterocycles. The average molecular weight is 268 g/mol. The molecule has 0 aromatic heterocycles. The van der Waals surface area contributed by atoms with E-state index in [-0.39, 0.29) is 24.5 Å². The van der Waals surface area contributed by atoms with Crippen LogP contribution < -0.4 is 10.6 Å². The Hall–Kier alpha value is -1.44. The standard InChI is InChI=1S/C12H16N2O5/c15-8(16)4-12-6(5-14-10(12)11(17)18)9-7(19-12)2-1-3-13-9/h1-2,6-7,9-10,13-14H,3-5H2,(H,15,16)(H,17,18)/t6-,7-,9-,10-,12+/m0/s1. The molecule has 3 aliphatic rings. The summed E-state index contributed by atoms with van der Waals surface area (Å²) in [5, 5.41) is 24.6. The lowest BCUT2D eigenvalue weighted by Crippen LogP contribution is -2.52. The van der Waals surface area contributed by atoms with Crippen LogP contribution in [-0.2, 0) is 14.3 Å². The van der Waals surface area contributed by atoms with E-state index < -0.39 is 23.6 Å². The third-order valence-electron chi connectivity index (χ3n) is 4.27. The van der Waals surface area contributed by atoms with Gasteiger partial charge in [0.05, 0.1) is 12.5 Å². The molecule has 0 spiro atoms. The molecule has 0 radical (unpaired) electrons. The number of aliphatic carboxylic acids is 2. The molecule has 0 amide bonds. The van der Waals surface area contributed by atoms with Crippen LogP contribution in [0.3, 0.4) is 0 Å². The Morgan fingerprint density at radius 3 is 2.84 bits per heavy atom. The second kappa shape index (κ2) is 4.29. The van der Waals surface area contributed by atoms with Gasteiger partial charge in [-0.2, -0.15) is 0 Å². The molecule has 104 valence electrons. The van der Waals surface area contributed by atoms with Crippen LogP contribution in [0.25, 0.3) is 0 Å². The van der Waals surface area contributed by atoms with Gasteiger partial charge < -0.3 is 25.6 Å². The molecular weight excluding hydrogens is 252 g/mol. The van der Waals surface area contributed by atoms with Crippen LogP contribution in [-0.4, -0.2) is 59.0 Å². The van der Waals surface area contributed by atoms with Crippen molar-refractivity contribution in [2.45, 2.75) is 30.2 Å². The zero-order chi connectivity index (χ0) is 13.6. The lowest BCUT2D eigenvalue weighted by Gasteiger charge is -2.30. The van der Waals surface area contributed by atoms with Crippen molar-refractivity contribution in [2.24, 2.45) is 5.92 Å². The monoisotopic (exact) mass is 268 g/mol. The van der Waals surface area contributed by atoms with E-state index in [0.717, 1.165) is 0 Å². The summed E-state index contributed by atoms with van der Waals surface area (Å²) in [4.78, 5) is 22.5. The van der Waals surface area contributed by atoms with Crippen LogP contribution in [0.15, 0.2) is 12.2 Å². The van der Waals surface area contributed by atoms with Gasteiger partial charge in [-0.1, -0.05) is 12.2 Å². The van der Waals surface area contributed by atoms with Crippen molar-refractivity contribution in [3.63, 3.8) is 0 Å². The molecule has 0 aromatic carbocycles. The lowest BCUT2D eigenvalue weighted by atomic mass is 9.79. The Morgan fingerprint density at radius 2 is 2.16 bits per heavy atom. The van der Waals surface area contributed by atoms with Gasteiger partial charge in [-0.25, -0.2) is 0 Å². The second-order valence-corrected chi connectivity index (χ2v) is 5.26. The van der Waals surface area contributed by atoms with Gasteiger partial charge in [0, 0.05) is 25.0 Å². The number of carboxylic acids is 2. The van der Waals surface area contributed by atoms with Crippen LogP contribution in [0.4, 0.5) is 0 Å². The van der Waals surface area contributed by atoms with E-state index in [0.29, 0.717) is 13.1 Å². The quantitative estimate of drug-likeness (QED) is 0.476. The summed E-state index contributed by atoms with van der Waals surface area (Å²) in [5.41, 5.74) is -1.17. The van der Waals surface area contributed by atoms with Gasteiger partial charge in [0.1, 0.15) is 11.6 Å². The minimum Gasteiger partial charge on any atom is -0.481 e. The Labute approximate surface area is 109 Å². The minimum absolute atomic E-state index is 0.0267. The predicted octanol–water partition coefficient (Wildman–Crippen LogP) is -1.20. The molecule has 0 bridgehead atoms. The average Bonchev–Trinajstić information content (AvgIpc) is 2.80. The normalized spacial score (nSPS) is 43.8. The van der Waals surface area contributed by atoms with Crippen molar-refractivity contribution in [1.82, 2.24) is 10.6 Å². The molecule has 7 heteroatoms. The topological polar surface area (TPSA) is 108 Å². The summed E-state index contributed by atoms with van der Waals surface area (Å²) in [7, 11) is 0. The van der Waals surface area contributed by atoms with E-state index in [2.05, 4.69) is 10.6 Å². The van der Waals surface area contributed by atoms with Crippen LogP contribution in [0, 0.1) is 5.92 Å². The first kappa shape index (κ1) is 12.6. The first-order valence-electron chi connectivity index (χ1n) is 6.30. The number of carboxylic acid groups (broad SMARTS) is 2. The maximum absolute atomic E-state index is 11.4. The molecule has 19 heavy (non-hydrogen) atoms. The highest BCUT2D eigenvalue weighted by Gasteiger charge is 2.64. The summed E-state index contributed by atoms with van der Waals surface area (Å²) in [5.74, 6) is -2.26. The van der Waals surface area contributed by atoms with Gasteiger partial charge in [-0.15, -0.1) is 0 Å². The third kappa shape index (κ3) is 1.77. The number of hydrogen-bond donors (Lipinski definition) is 4. The van der Waals surface area contributed by atoms with E-state index in [4.69, 9.17) is 9.84 Å². The second-order valence-electron chi connectivity index (χ2n) is 5.26. The highest BCUT2D eigenvalue weighted by Crippen LogP contribution is 2.46. The number of carbonyl (C=O) groups is 2. The smallest absolute Gasteiger partial charge is 0.323 e.